The van der Waals surface area contributed by atoms with E-state index in [2.05, 4.69) is 31.3 Å². The van der Waals surface area contributed by atoms with E-state index in [1.165, 1.54) is 0 Å². The van der Waals surface area contributed by atoms with Gasteiger partial charge in [0.05, 0.1) is 35.9 Å². The monoisotopic (exact) mass is 570 g/mol. The van der Waals surface area contributed by atoms with Crippen LogP contribution in [0.2, 0.25) is 0 Å². The molecule has 4 aromatic rings. The van der Waals surface area contributed by atoms with Crippen LogP contribution in [0.1, 0.15) is 36.9 Å². The maximum atomic E-state index is 14.1. The number of hydrogen-bond acceptors (Lipinski definition) is 10. The molecular weight excluding hydrogens is 536 g/mol. The molecular formula is C31H34N6O5. The number of aromatic nitrogens is 3. The largest absolute Gasteiger partial charge is 0.485 e. The number of nitrogen functional groups attached to an aromatic ring is 1. The lowest BCUT2D eigenvalue weighted by Gasteiger charge is -2.40. The molecule has 3 aliphatic heterocycles. The molecule has 3 aromatic heterocycles. The number of piperidine rings is 1. The number of nitrogens with two attached hydrogens (primary N) is 1. The fourth-order valence-corrected chi connectivity index (χ4v) is 6.27. The summed E-state index contributed by atoms with van der Waals surface area (Å²) < 4.78 is 25.0. The Bertz CT molecular complexity index is 1690. The molecule has 42 heavy (non-hydrogen) atoms. The van der Waals surface area contributed by atoms with Crippen molar-refractivity contribution in [1.82, 2.24) is 19.4 Å². The summed E-state index contributed by atoms with van der Waals surface area (Å²) in [6.07, 6.45) is 7.64. The van der Waals surface area contributed by atoms with Gasteiger partial charge in [-0.3, -0.25) is 9.69 Å². The number of pyridine rings is 3. The highest BCUT2D eigenvalue weighted by molar-refractivity contribution is 5.91. The van der Waals surface area contributed by atoms with E-state index < -0.39 is 0 Å². The predicted octanol–water partition coefficient (Wildman–Crippen LogP) is 3.74. The summed E-state index contributed by atoms with van der Waals surface area (Å²) >= 11 is 0. The summed E-state index contributed by atoms with van der Waals surface area (Å²) in [5, 5.41) is 0.585. The molecule has 0 spiro atoms. The van der Waals surface area contributed by atoms with Gasteiger partial charge in [-0.05, 0) is 49.6 Å². The van der Waals surface area contributed by atoms with Crippen LogP contribution in [0.25, 0.3) is 10.9 Å². The molecule has 0 aliphatic carbocycles. The van der Waals surface area contributed by atoms with E-state index in [1.54, 1.807) is 19.4 Å². The van der Waals surface area contributed by atoms with Gasteiger partial charge in [-0.25, -0.2) is 9.97 Å². The van der Waals surface area contributed by atoms with E-state index >= 15 is 0 Å². The van der Waals surface area contributed by atoms with Crippen molar-refractivity contribution in [3.63, 3.8) is 0 Å². The van der Waals surface area contributed by atoms with Crippen molar-refractivity contribution in [1.29, 1.82) is 0 Å². The minimum absolute atomic E-state index is 0.0220. The number of nitrogens with zero attached hydrogens (tertiary/aromatic N) is 5. The number of hydrogen-bond donors (Lipinski definition) is 1. The third kappa shape index (κ3) is 4.73. The Hall–Kier alpha value is -4.51. The van der Waals surface area contributed by atoms with Crippen molar-refractivity contribution in [3.8, 4) is 23.1 Å². The Morgan fingerprint density at radius 1 is 1.12 bits per heavy atom. The standard InChI is InChI=1S/C31H34N6O5/c1-19-17-40-31-28-24(11-25-30(31)42-18-41-25)29(38)21(15-37(19)28)14-36(13-20-7-8-33-27(10-20)39-2)23-4-3-9-35(16-23)22-5-6-26(32)34-12-22/h5-8,10-12,15,19,23H,3-4,9,13-14,16-18H2,1-2H3,(H2,32,34)/t19?,23-/m0/s1. The van der Waals surface area contributed by atoms with Crippen molar-refractivity contribution in [2.24, 2.45) is 0 Å². The van der Waals surface area contributed by atoms with E-state index in [4.69, 9.17) is 24.7 Å². The molecule has 0 radical (unpaired) electrons. The summed E-state index contributed by atoms with van der Waals surface area (Å²) in [5.41, 5.74) is 9.44. The molecule has 6 heterocycles. The van der Waals surface area contributed by atoms with Crippen molar-refractivity contribution in [2.45, 2.75) is 44.9 Å². The molecule has 11 nitrogen and oxygen atoms in total. The highest BCUT2D eigenvalue weighted by atomic mass is 16.7. The van der Waals surface area contributed by atoms with Gasteiger partial charge >= 0.3 is 0 Å². The zero-order valence-electron chi connectivity index (χ0n) is 23.8. The molecule has 3 aliphatic rings. The van der Waals surface area contributed by atoms with Gasteiger partial charge in [-0.1, -0.05) is 0 Å². The Balaban J connectivity index is 1.28. The Morgan fingerprint density at radius 3 is 2.86 bits per heavy atom. The maximum Gasteiger partial charge on any atom is 0.231 e. The van der Waals surface area contributed by atoms with E-state index in [1.807, 2.05) is 36.7 Å². The number of anilines is 2. The quantitative estimate of drug-likeness (QED) is 0.352. The third-order valence-electron chi connectivity index (χ3n) is 8.44. The average Bonchev–Trinajstić information content (AvgIpc) is 3.49. The summed E-state index contributed by atoms with van der Waals surface area (Å²) in [4.78, 5) is 27.5. The highest BCUT2D eigenvalue weighted by Gasteiger charge is 2.32. The lowest BCUT2D eigenvalue weighted by atomic mass is 10.0. The van der Waals surface area contributed by atoms with Gasteiger partial charge in [0.1, 0.15) is 12.4 Å². The summed E-state index contributed by atoms with van der Waals surface area (Å²) in [6.45, 7) is 5.57. The topological polar surface area (TPSA) is 117 Å². The fourth-order valence-electron chi connectivity index (χ4n) is 6.27. The van der Waals surface area contributed by atoms with Gasteiger partial charge in [0, 0.05) is 56.2 Å². The molecule has 0 saturated carbocycles. The van der Waals surface area contributed by atoms with Crippen LogP contribution in [-0.2, 0) is 13.1 Å². The minimum Gasteiger partial charge on any atom is -0.485 e. The third-order valence-corrected chi connectivity index (χ3v) is 8.44. The van der Waals surface area contributed by atoms with Crippen LogP contribution in [0, 0.1) is 0 Å². The highest BCUT2D eigenvalue weighted by Crippen LogP contribution is 2.47. The molecule has 1 saturated heterocycles. The van der Waals surface area contributed by atoms with Gasteiger partial charge in [0.25, 0.3) is 0 Å². The lowest BCUT2D eigenvalue weighted by molar-refractivity contribution is 0.157. The second kappa shape index (κ2) is 10.7. The Kier molecular flexibility index (Phi) is 6.73. The lowest BCUT2D eigenvalue weighted by Crippen LogP contribution is -2.48. The SMILES string of the molecule is COc1cc(CN(Cc2cn3c4c(c5c(cc4c2=O)OCO5)OCC3C)[C@H]2CCCN(c3ccc(N)nc3)C2)ccn1. The number of fused-ring (bicyclic) bond motifs is 2. The summed E-state index contributed by atoms with van der Waals surface area (Å²) in [6, 6.07) is 9.88. The van der Waals surface area contributed by atoms with E-state index in [0.717, 1.165) is 48.3 Å². The van der Waals surface area contributed by atoms with Gasteiger partial charge in [-0.2, -0.15) is 0 Å². The van der Waals surface area contributed by atoms with Crippen molar-refractivity contribution in [2.75, 3.05) is 44.2 Å². The van der Waals surface area contributed by atoms with Crippen LogP contribution in [0.4, 0.5) is 11.5 Å². The Morgan fingerprint density at radius 2 is 2.02 bits per heavy atom. The number of benzene rings is 1. The normalized spacial score (nSPS) is 19.3. The second-order valence-electron chi connectivity index (χ2n) is 11.2. The van der Waals surface area contributed by atoms with Crippen LogP contribution in [0.5, 0.6) is 23.1 Å². The van der Waals surface area contributed by atoms with Crippen molar-refractivity contribution in [3.05, 3.63) is 70.3 Å². The van der Waals surface area contributed by atoms with Gasteiger partial charge in [0.15, 0.2) is 16.9 Å². The van der Waals surface area contributed by atoms with E-state index in [9.17, 15) is 4.79 Å². The Labute approximate surface area is 243 Å². The zero-order valence-corrected chi connectivity index (χ0v) is 23.8. The molecule has 0 bridgehead atoms. The summed E-state index contributed by atoms with van der Waals surface area (Å²) in [7, 11) is 1.62. The first kappa shape index (κ1) is 26.4. The van der Waals surface area contributed by atoms with Crippen LogP contribution in [0.15, 0.2) is 53.7 Å². The van der Waals surface area contributed by atoms with Gasteiger partial charge in [0.2, 0.25) is 18.4 Å². The minimum atomic E-state index is -0.0220. The van der Waals surface area contributed by atoms with Crippen LogP contribution >= 0.6 is 0 Å². The van der Waals surface area contributed by atoms with Crippen LogP contribution in [0.3, 0.4) is 0 Å². The first-order valence-electron chi connectivity index (χ1n) is 14.3. The molecule has 1 aromatic carbocycles. The van der Waals surface area contributed by atoms with E-state index in [-0.39, 0.29) is 24.3 Å². The fraction of sp³-hybridized carbons (Fsp3) is 0.387. The summed E-state index contributed by atoms with van der Waals surface area (Å²) in [5.74, 6) is 2.78. The first-order chi connectivity index (χ1) is 20.5. The number of rotatable bonds is 7. The molecule has 218 valence electrons. The van der Waals surface area contributed by atoms with Crippen LogP contribution in [-0.4, -0.2) is 59.1 Å². The maximum absolute atomic E-state index is 14.1. The zero-order chi connectivity index (χ0) is 28.8. The molecule has 2 N–H and O–H groups in total. The molecule has 1 fully saturated rings. The van der Waals surface area contributed by atoms with Gasteiger partial charge < -0.3 is 34.1 Å². The van der Waals surface area contributed by atoms with E-state index in [0.29, 0.717) is 54.0 Å². The van der Waals surface area contributed by atoms with Crippen LogP contribution < -0.4 is 35.0 Å². The molecule has 7 rings (SSSR count). The molecule has 11 heteroatoms. The van der Waals surface area contributed by atoms with Crippen molar-refractivity contribution < 1.29 is 18.9 Å². The molecule has 2 atom stereocenters. The number of methoxy groups -OCH3 is 1. The molecule has 1 unspecified atom stereocenters. The first-order valence-corrected chi connectivity index (χ1v) is 14.3. The molecule has 0 amide bonds. The predicted molar refractivity (Wildman–Crippen MR) is 158 cm³/mol. The second-order valence-corrected chi connectivity index (χ2v) is 11.2. The number of ether oxygens (including phenoxy) is 4. The average molecular weight is 571 g/mol. The van der Waals surface area contributed by atoms with Crippen molar-refractivity contribution >= 4 is 22.4 Å². The van der Waals surface area contributed by atoms with Gasteiger partial charge in [-0.15, -0.1) is 0 Å². The smallest absolute Gasteiger partial charge is 0.231 e.